The van der Waals surface area contributed by atoms with Crippen LogP contribution in [-0.2, 0) is 0 Å². The van der Waals surface area contributed by atoms with Crippen LogP contribution in [0.15, 0.2) is 18.2 Å². The predicted octanol–water partition coefficient (Wildman–Crippen LogP) is 1.32. The highest BCUT2D eigenvalue weighted by atomic mass is 19.1. The number of nitrogens with one attached hydrogen (secondary N) is 1. The molecule has 1 saturated carbocycles. The van der Waals surface area contributed by atoms with Crippen molar-refractivity contribution in [2.24, 2.45) is 17.6 Å². The summed E-state index contributed by atoms with van der Waals surface area (Å²) in [6.45, 7) is 1.53. The van der Waals surface area contributed by atoms with Gasteiger partial charge >= 0.3 is 0 Å². The van der Waals surface area contributed by atoms with E-state index in [1.54, 1.807) is 12.1 Å². The highest BCUT2D eigenvalue weighted by Gasteiger charge is 2.42. The Morgan fingerprint density at radius 2 is 2.16 bits per heavy atom. The van der Waals surface area contributed by atoms with Crippen molar-refractivity contribution >= 4 is 11.5 Å². The molecule has 3 rings (SSSR count). The van der Waals surface area contributed by atoms with Crippen molar-refractivity contribution in [2.45, 2.75) is 18.9 Å². The SMILES string of the molecule is N=C(N)c1c(F)cccc1N1CC2CCC(O)C2C1. The maximum atomic E-state index is 13.8. The molecular formula is C14H18FN3O. The second-order valence-corrected chi connectivity index (χ2v) is 5.52. The summed E-state index contributed by atoms with van der Waals surface area (Å²) in [5.74, 6) is 0.0365. The molecular weight excluding hydrogens is 245 g/mol. The topological polar surface area (TPSA) is 73.3 Å². The van der Waals surface area contributed by atoms with E-state index in [0.29, 0.717) is 11.6 Å². The van der Waals surface area contributed by atoms with Crippen LogP contribution in [0, 0.1) is 23.1 Å². The van der Waals surface area contributed by atoms with Crippen LogP contribution in [0.5, 0.6) is 0 Å². The molecule has 1 aromatic rings. The van der Waals surface area contributed by atoms with Crippen molar-refractivity contribution in [3.05, 3.63) is 29.6 Å². The van der Waals surface area contributed by atoms with Crippen LogP contribution in [-0.4, -0.2) is 30.1 Å². The van der Waals surface area contributed by atoms with E-state index in [-0.39, 0.29) is 23.4 Å². The fraction of sp³-hybridized carbons (Fsp3) is 0.500. The molecule has 0 spiro atoms. The van der Waals surface area contributed by atoms with Crippen LogP contribution in [0.2, 0.25) is 0 Å². The van der Waals surface area contributed by atoms with Gasteiger partial charge < -0.3 is 15.7 Å². The first-order chi connectivity index (χ1) is 9.08. The normalized spacial score (nSPS) is 29.6. The lowest BCUT2D eigenvalue weighted by Gasteiger charge is -2.23. The molecule has 2 aliphatic rings. The first-order valence-corrected chi connectivity index (χ1v) is 6.64. The molecule has 0 radical (unpaired) electrons. The number of hydrogen-bond donors (Lipinski definition) is 3. The Labute approximate surface area is 111 Å². The maximum Gasteiger partial charge on any atom is 0.136 e. The van der Waals surface area contributed by atoms with Gasteiger partial charge in [0.1, 0.15) is 11.7 Å². The van der Waals surface area contributed by atoms with Crippen LogP contribution in [0.25, 0.3) is 0 Å². The number of rotatable bonds is 2. The smallest absolute Gasteiger partial charge is 0.136 e. The molecule has 4 nitrogen and oxygen atoms in total. The van der Waals surface area contributed by atoms with E-state index in [9.17, 15) is 9.50 Å². The number of benzene rings is 1. The number of halogens is 1. The van der Waals surface area contributed by atoms with E-state index in [4.69, 9.17) is 11.1 Å². The number of anilines is 1. The van der Waals surface area contributed by atoms with Gasteiger partial charge in [0.05, 0.1) is 17.4 Å². The van der Waals surface area contributed by atoms with Gasteiger partial charge in [-0.1, -0.05) is 6.07 Å². The van der Waals surface area contributed by atoms with Crippen LogP contribution in [0.3, 0.4) is 0 Å². The van der Waals surface area contributed by atoms with Crippen molar-refractivity contribution in [1.82, 2.24) is 0 Å². The first-order valence-electron chi connectivity index (χ1n) is 6.64. The fourth-order valence-corrected chi connectivity index (χ4v) is 3.48. The Kier molecular flexibility index (Phi) is 2.93. The van der Waals surface area contributed by atoms with E-state index in [1.165, 1.54) is 6.07 Å². The van der Waals surface area contributed by atoms with Crippen LogP contribution < -0.4 is 10.6 Å². The Balaban J connectivity index is 1.92. The molecule has 102 valence electrons. The van der Waals surface area contributed by atoms with E-state index in [2.05, 4.69) is 4.90 Å². The van der Waals surface area contributed by atoms with Crippen molar-refractivity contribution in [3.63, 3.8) is 0 Å². The van der Waals surface area contributed by atoms with Gasteiger partial charge in [-0.15, -0.1) is 0 Å². The molecule has 4 N–H and O–H groups in total. The fourth-order valence-electron chi connectivity index (χ4n) is 3.48. The van der Waals surface area contributed by atoms with Gasteiger partial charge in [-0.05, 0) is 30.9 Å². The molecule has 1 aliphatic carbocycles. The number of nitrogens with zero attached hydrogens (tertiary/aromatic N) is 1. The van der Waals surface area contributed by atoms with Gasteiger partial charge in [0, 0.05) is 19.0 Å². The van der Waals surface area contributed by atoms with Crippen LogP contribution >= 0.6 is 0 Å². The number of fused-ring (bicyclic) bond motifs is 1. The zero-order valence-electron chi connectivity index (χ0n) is 10.6. The zero-order chi connectivity index (χ0) is 13.6. The lowest BCUT2D eigenvalue weighted by atomic mass is 10.00. The summed E-state index contributed by atoms with van der Waals surface area (Å²) in [5, 5.41) is 17.5. The minimum atomic E-state index is -0.456. The van der Waals surface area contributed by atoms with Crippen molar-refractivity contribution in [1.29, 1.82) is 5.41 Å². The van der Waals surface area contributed by atoms with Gasteiger partial charge in [0.15, 0.2) is 0 Å². The summed E-state index contributed by atoms with van der Waals surface area (Å²) in [6.07, 6.45) is 1.64. The molecule has 3 atom stereocenters. The number of nitrogens with two attached hydrogens (primary N) is 1. The van der Waals surface area contributed by atoms with Crippen LogP contribution in [0.4, 0.5) is 10.1 Å². The molecule has 2 fully saturated rings. The third-order valence-electron chi connectivity index (χ3n) is 4.42. The first kappa shape index (κ1) is 12.4. The van der Waals surface area contributed by atoms with E-state index >= 15 is 0 Å². The minimum absolute atomic E-state index is 0.178. The summed E-state index contributed by atoms with van der Waals surface area (Å²) < 4.78 is 13.8. The molecule has 1 saturated heterocycles. The van der Waals surface area contributed by atoms with Gasteiger partial charge in [-0.25, -0.2) is 4.39 Å². The molecule has 0 aromatic heterocycles. The van der Waals surface area contributed by atoms with E-state index in [1.807, 2.05) is 0 Å². The number of hydrogen-bond acceptors (Lipinski definition) is 3. The molecule has 1 aromatic carbocycles. The predicted molar refractivity (Wildman–Crippen MR) is 71.8 cm³/mol. The standard InChI is InChI=1S/C14H18FN3O/c15-10-2-1-3-11(13(10)14(16)17)18-6-8-4-5-12(19)9(8)7-18/h1-3,8-9,12,19H,4-7H2,(H3,16,17). The Morgan fingerprint density at radius 3 is 2.84 bits per heavy atom. The van der Waals surface area contributed by atoms with Crippen molar-refractivity contribution in [3.8, 4) is 0 Å². The lowest BCUT2D eigenvalue weighted by Crippen LogP contribution is -2.27. The molecule has 19 heavy (non-hydrogen) atoms. The van der Waals surface area contributed by atoms with Gasteiger partial charge in [-0.3, -0.25) is 5.41 Å². The summed E-state index contributed by atoms with van der Waals surface area (Å²) in [7, 11) is 0. The molecule has 0 bridgehead atoms. The summed E-state index contributed by atoms with van der Waals surface area (Å²) in [5.41, 5.74) is 6.35. The molecule has 1 aliphatic heterocycles. The third kappa shape index (κ3) is 1.98. The second-order valence-electron chi connectivity index (χ2n) is 5.52. The van der Waals surface area contributed by atoms with Gasteiger partial charge in [0.2, 0.25) is 0 Å². The van der Waals surface area contributed by atoms with Crippen molar-refractivity contribution < 1.29 is 9.50 Å². The number of amidine groups is 1. The number of nitrogen functional groups attached to an aromatic ring is 1. The quantitative estimate of drug-likeness (QED) is 0.556. The maximum absolute atomic E-state index is 13.8. The monoisotopic (exact) mass is 263 g/mol. The largest absolute Gasteiger partial charge is 0.393 e. The summed E-state index contributed by atoms with van der Waals surface area (Å²) in [4.78, 5) is 2.05. The molecule has 3 unspecified atom stereocenters. The zero-order valence-corrected chi connectivity index (χ0v) is 10.6. The Morgan fingerprint density at radius 1 is 1.37 bits per heavy atom. The highest BCUT2D eigenvalue weighted by molar-refractivity contribution is 6.00. The molecule has 0 amide bonds. The molecule has 5 heteroatoms. The summed E-state index contributed by atoms with van der Waals surface area (Å²) in [6, 6.07) is 4.76. The molecule has 1 heterocycles. The second kappa shape index (κ2) is 4.49. The van der Waals surface area contributed by atoms with Gasteiger partial charge in [0.25, 0.3) is 0 Å². The number of aliphatic hydroxyl groups is 1. The Bertz CT molecular complexity index is 519. The summed E-state index contributed by atoms with van der Waals surface area (Å²) >= 11 is 0. The lowest BCUT2D eigenvalue weighted by molar-refractivity contribution is 0.133. The minimum Gasteiger partial charge on any atom is -0.393 e. The van der Waals surface area contributed by atoms with E-state index < -0.39 is 5.82 Å². The average Bonchev–Trinajstić information content (AvgIpc) is 2.91. The third-order valence-corrected chi connectivity index (χ3v) is 4.42. The Hall–Kier alpha value is -1.62. The van der Waals surface area contributed by atoms with E-state index in [0.717, 1.165) is 25.9 Å². The van der Waals surface area contributed by atoms with Gasteiger partial charge in [-0.2, -0.15) is 0 Å². The highest BCUT2D eigenvalue weighted by Crippen LogP contribution is 2.40. The van der Waals surface area contributed by atoms with Crippen LogP contribution in [0.1, 0.15) is 18.4 Å². The average molecular weight is 263 g/mol. The number of aliphatic hydroxyl groups excluding tert-OH is 1. The van der Waals surface area contributed by atoms with Crippen molar-refractivity contribution in [2.75, 3.05) is 18.0 Å².